The lowest BCUT2D eigenvalue weighted by Crippen LogP contribution is -2.50. The number of ether oxygens (including phenoxy) is 3. The van der Waals surface area contributed by atoms with Crippen LogP contribution in [-0.4, -0.2) is 45.1 Å². The van der Waals surface area contributed by atoms with Gasteiger partial charge in [-0.1, -0.05) is 39.0 Å². The highest BCUT2D eigenvalue weighted by atomic mass is 16.6. The molecule has 0 heterocycles. The smallest absolute Gasteiger partial charge is 0.407 e. The summed E-state index contributed by atoms with van der Waals surface area (Å²) in [6, 6.07) is 9.38. The number of alkyl carbamates (subject to hydrolysis) is 2. The minimum Gasteiger partial charge on any atom is -0.490 e. The van der Waals surface area contributed by atoms with Gasteiger partial charge in [-0.15, -0.1) is 0 Å². The van der Waals surface area contributed by atoms with Crippen molar-refractivity contribution in [2.45, 2.75) is 46.1 Å². The molecule has 0 radical (unpaired) electrons. The van der Waals surface area contributed by atoms with Crippen molar-refractivity contribution in [2.75, 3.05) is 26.9 Å². The van der Waals surface area contributed by atoms with Gasteiger partial charge in [-0.25, -0.2) is 9.59 Å². The monoisotopic (exact) mass is 392 g/mol. The lowest BCUT2D eigenvalue weighted by Gasteiger charge is -2.46. The lowest BCUT2D eigenvalue weighted by molar-refractivity contribution is 0.0618. The van der Waals surface area contributed by atoms with Crippen LogP contribution >= 0.6 is 0 Å². The predicted octanol–water partition coefficient (Wildman–Crippen LogP) is 3.73. The molecule has 1 aromatic carbocycles. The Balaban J connectivity index is 1.79. The van der Waals surface area contributed by atoms with E-state index in [2.05, 4.69) is 36.1 Å². The van der Waals surface area contributed by atoms with Crippen molar-refractivity contribution in [1.82, 2.24) is 10.6 Å². The Labute approximate surface area is 167 Å². The van der Waals surface area contributed by atoms with E-state index < -0.39 is 12.2 Å². The molecule has 2 unspecified atom stereocenters. The predicted molar refractivity (Wildman–Crippen MR) is 106 cm³/mol. The van der Waals surface area contributed by atoms with E-state index in [1.807, 2.05) is 30.3 Å². The minimum absolute atomic E-state index is 0.0178. The van der Waals surface area contributed by atoms with Gasteiger partial charge < -0.3 is 24.8 Å². The van der Waals surface area contributed by atoms with Crippen molar-refractivity contribution in [3.8, 4) is 5.75 Å². The van der Waals surface area contributed by atoms with Gasteiger partial charge in [0.1, 0.15) is 19.0 Å². The Morgan fingerprint density at radius 2 is 1.79 bits per heavy atom. The molecule has 0 aliphatic heterocycles. The van der Waals surface area contributed by atoms with E-state index in [1.165, 1.54) is 7.11 Å². The quantitative estimate of drug-likeness (QED) is 0.691. The standard InChI is InChI=1S/C21H32N2O5/c1-20(2)12-16(13-21(3,14-20)15-22-18(24)26-4)23-19(25)28-11-10-27-17-8-6-5-7-9-17/h5-9,16H,10-15H2,1-4H3,(H,22,24)(H,23,25). The maximum atomic E-state index is 12.2. The van der Waals surface area contributed by atoms with Gasteiger partial charge in [0.2, 0.25) is 0 Å². The fourth-order valence-electron chi connectivity index (χ4n) is 4.25. The van der Waals surface area contributed by atoms with Crippen molar-refractivity contribution in [3.05, 3.63) is 30.3 Å². The van der Waals surface area contributed by atoms with Gasteiger partial charge in [0, 0.05) is 12.6 Å². The highest BCUT2D eigenvalue weighted by Gasteiger charge is 2.42. The van der Waals surface area contributed by atoms with E-state index in [0.29, 0.717) is 13.2 Å². The van der Waals surface area contributed by atoms with E-state index in [9.17, 15) is 9.59 Å². The topological polar surface area (TPSA) is 85.9 Å². The molecule has 0 saturated heterocycles. The summed E-state index contributed by atoms with van der Waals surface area (Å²) in [4.78, 5) is 23.6. The van der Waals surface area contributed by atoms with Crippen LogP contribution in [0.15, 0.2) is 30.3 Å². The van der Waals surface area contributed by atoms with Crippen LogP contribution < -0.4 is 15.4 Å². The molecule has 2 rings (SSSR count). The number of para-hydroxylation sites is 1. The Hall–Kier alpha value is -2.44. The largest absolute Gasteiger partial charge is 0.490 e. The van der Waals surface area contributed by atoms with Crippen LogP contribution in [-0.2, 0) is 9.47 Å². The first kappa shape index (κ1) is 21.9. The summed E-state index contributed by atoms with van der Waals surface area (Å²) >= 11 is 0. The van der Waals surface area contributed by atoms with Crippen molar-refractivity contribution >= 4 is 12.2 Å². The van der Waals surface area contributed by atoms with E-state index in [-0.39, 0.29) is 23.5 Å². The molecular formula is C21H32N2O5. The Morgan fingerprint density at radius 3 is 2.46 bits per heavy atom. The fraction of sp³-hybridized carbons (Fsp3) is 0.619. The van der Waals surface area contributed by atoms with Crippen LogP contribution in [0.1, 0.15) is 40.0 Å². The zero-order valence-electron chi connectivity index (χ0n) is 17.2. The molecule has 0 spiro atoms. The normalized spacial score (nSPS) is 23.4. The molecule has 1 aliphatic carbocycles. The van der Waals surface area contributed by atoms with Gasteiger partial charge >= 0.3 is 12.2 Å². The highest BCUT2D eigenvalue weighted by Crippen LogP contribution is 2.45. The number of methoxy groups -OCH3 is 1. The van der Waals surface area contributed by atoms with Crippen LogP contribution in [0.4, 0.5) is 9.59 Å². The maximum absolute atomic E-state index is 12.2. The van der Waals surface area contributed by atoms with E-state index >= 15 is 0 Å². The highest BCUT2D eigenvalue weighted by molar-refractivity contribution is 5.68. The molecule has 2 N–H and O–H groups in total. The zero-order chi connectivity index (χ0) is 20.6. The molecule has 2 atom stereocenters. The number of rotatable bonds is 7. The first-order chi connectivity index (χ1) is 13.2. The molecule has 0 aromatic heterocycles. The molecule has 0 bridgehead atoms. The van der Waals surface area contributed by atoms with Crippen LogP contribution in [0.25, 0.3) is 0 Å². The van der Waals surface area contributed by atoms with Gasteiger partial charge in [-0.3, -0.25) is 0 Å². The number of benzene rings is 1. The lowest BCUT2D eigenvalue weighted by atomic mass is 9.62. The van der Waals surface area contributed by atoms with Gasteiger partial charge in [-0.05, 0) is 42.2 Å². The number of carbonyl (C=O) groups is 2. The van der Waals surface area contributed by atoms with E-state index in [4.69, 9.17) is 9.47 Å². The molecule has 1 fully saturated rings. The van der Waals surface area contributed by atoms with Crippen LogP contribution in [0, 0.1) is 10.8 Å². The molecule has 156 valence electrons. The third kappa shape index (κ3) is 7.29. The van der Waals surface area contributed by atoms with E-state index in [1.54, 1.807) is 0 Å². The van der Waals surface area contributed by atoms with Crippen LogP contribution in [0.3, 0.4) is 0 Å². The van der Waals surface area contributed by atoms with Crippen molar-refractivity contribution in [1.29, 1.82) is 0 Å². The van der Waals surface area contributed by atoms with Gasteiger partial charge in [0.05, 0.1) is 7.11 Å². The molecule has 2 amide bonds. The summed E-state index contributed by atoms with van der Waals surface area (Å²) in [5.41, 5.74) is -0.0938. The molecule has 1 aliphatic rings. The molecule has 1 aromatic rings. The van der Waals surface area contributed by atoms with Crippen molar-refractivity contribution in [3.63, 3.8) is 0 Å². The number of amides is 2. The zero-order valence-corrected chi connectivity index (χ0v) is 17.2. The summed E-state index contributed by atoms with van der Waals surface area (Å²) < 4.78 is 15.4. The van der Waals surface area contributed by atoms with Crippen LogP contribution in [0.2, 0.25) is 0 Å². The number of carbonyl (C=O) groups excluding carboxylic acids is 2. The van der Waals surface area contributed by atoms with Gasteiger partial charge in [0.15, 0.2) is 0 Å². The van der Waals surface area contributed by atoms with Crippen LogP contribution in [0.5, 0.6) is 5.75 Å². The summed E-state index contributed by atoms with van der Waals surface area (Å²) in [6.45, 7) is 7.46. The summed E-state index contributed by atoms with van der Waals surface area (Å²) in [7, 11) is 1.35. The average Bonchev–Trinajstić information content (AvgIpc) is 2.62. The second-order valence-electron chi connectivity index (χ2n) is 8.54. The van der Waals surface area contributed by atoms with E-state index in [0.717, 1.165) is 25.0 Å². The molecular weight excluding hydrogens is 360 g/mol. The second-order valence-corrected chi connectivity index (χ2v) is 8.54. The molecule has 28 heavy (non-hydrogen) atoms. The SMILES string of the molecule is COC(=O)NCC1(C)CC(NC(=O)OCCOc2ccccc2)CC(C)(C)C1. The number of nitrogens with one attached hydrogen (secondary N) is 2. The maximum Gasteiger partial charge on any atom is 0.407 e. The average molecular weight is 392 g/mol. The summed E-state index contributed by atoms with van der Waals surface area (Å²) in [5, 5.41) is 5.76. The number of hydrogen-bond acceptors (Lipinski definition) is 5. The fourth-order valence-corrected chi connectivity index (χ4v) is 4.25. The van der Waals surface area contributed by atoms with Crippen molar-refractivity contribution in [2.24, 2.45) is 10.8 Å². The Kier molecular flexibility index (Phi) is 7.54. The summed E-state index contributed by atoms with van der Waals surface area (Å²) in [6.07, 6.45) is 1.68. The van der Waals surface area contributed by atoms with Gasteiger partial charge in [-0.2, -0.15) is 0 Å². The Bertz CT molecular complexity index is 649. The molecule has 1 saturated carbocycles. The first-order valence-corrected chi connectivity index (χ1v) is 9.64. The number of hydrogen-bond donors (Lipinski definition) is 2. The minimum atomic E-state index is -0.442. The molecule has 7 nitrogen and oxygen atoms in total. The van der Waals surface area contributed by atoms with Crippen molar-refractivity contribution < 1.29 is 23.8 Å². The second kappa shape index (κ2) is 9.66. The summed E-state index contributed by atoms with van der Waals surface area (Å²) in [5.74, 6) is 0.745. The first-order valence-electron chi connectivity index (χ1n) is 9.64. The Morgan fingerprint density at radius 1 is 1.07 bits per heavy atom. The third-order valence-corrected chi connectivity index (χ3v) is 4.94. The molecule has 7 heteroatoms. The van der Waals surface area contributed by atoms with Gasteiger partial charge in [0.25, 0.3) is 0 Å². The third-order valence-electron chi connectivity index (χ3n) is 4.94.